The number of hydrogen-bond acceptors (Lipinski definition) is 3. The van der Waals surface area contributed by atoms with Gasteiger partial charge in [0, 0.05) is 17.4 Å². The average molecular weight is 458 g/mol. The molecule has 0 bridgehead atoms. The summed E-state index contributed by atoms with van der Waals surface area (Å²) in [6, 6.07) is 6.67. The van der Waals surface area contributed by atoms with Gasteiger partial charge < -0.3 is 20.7 Å². The molecule has 6 nitrogen and oxygen atoms in total. The minimum atomic E-state index is -0.988. The first-order valence-electron chi connectivity index (χ1n) is 12.8. The number of rotatable bonds is 16. The minimum Gasteiger partial charge on any atom is -0.391 e. The van der Waals surface area contributed by atoms with Crippen LogP contribution < -0.4 is 10.6 Å². The van der Waals surface area contributed by atoms with Crippen LogP contribution in [-0.2, 0) is 4.79 Å². The van der Waals surface area contributed by atoms with E-state index in [1.54, 1.807) is 6.07 Å². The lowest BCUT2D eigenvalue weighted by Crippen LogP contribution is -2.52. The van der Waals surface area contributed by atoms with E-state index in [2.05, 4.69) is 22.5 Å². The maximum Gasteiger partial charge on any atom is 0.268 e. The van der Waals surface area contributed by atoms with E-state index in [-0.39, 0.29) is 5.91 Å². The third-order valence-corrected chi connectivity index (χ3v) is 6.15. The van der Waals surface area contributed by atoms with E-state index in [9.17, 15) is 14.7 Å². The Balaban J connectivity index is 1.66. The molecule has 0 aliphatic rings. The highest BCUT2D eigenvalue weighted by atomic mass is 16.3. The second kappa shape index (κ2) is 14.7. The molecule has 2 amide bonds. The number of aromatic amines is 1. The van der Waals surface area contributed by atoms with E-state index >= 15 is 0 Å². The number of H-pyrrole nitrogens is 1. The first-order valence-corrected chi connectivity index (χ1v) is 12.8. The second-order valence-corrected chi connectivity index (χ2v) is 9.29. The van der Waals surface area contributed by atoms with Crippen molar-refractivity contribution >= 4 is 22.7 Å². The Morgan fingerprint density at radius 2 is 1.55 bits per heavy atom. The van der Waals surface area contributed by atoms with Crippen molar-refractivity contribution in [3.63, 3.8) is 0 Å². The summed E-state index contributed by atoms with van der Waals surface area (Å²) in [4.78, 5) is 28.3. The quantitative estimate of drug-likeness (QED) is 0.255. The van der Waals surface area contributed by atoms with Crippen LogP contribution in [0.1, 0.15) is 101 Å². The van der Waals surface area contributed by atoms with Gasteiger partial charge in [0.25, 0.3) is 5.91 Å². The highest BCUT2D eigenvalue weighted by molar-refractivity contribution is 6.00. The van der Waals surface area contributed by atoms with Gasteiger partial charge in [0.2, 0.25) is 5.91 Å². The molecule has 0 radical (unpaired) electrons. The first-order chi connectivity index (χ1) is 15.9. The summed E-state index contributed by atoms with van der Waals surface area (Å²) in [6.07, 6.45) is 12.8. The van der Waals surface area contributed by atoms with Crippen LogP contribution in [-0.4, -0.2) is 40.6 Å². The molecular formula is C27H43N3O3. The van der Waals surface area contributed by atoms with Crippen LogP contribution in [0.25, 0.3) is 10.9 Å². The lowest BCUT2D eigenvalue weighted by atomic mass is 10.1. The fourth-order valence-electron chi connectivity index (χ4n) is 4.11. The normalized spacial score (nSPS) is 13.1. The average Bonchev–Trinajstić information content (AvgIpc) is 3.21. The van der Waals surface area contributed by atoms with Crippen molar-refractivity contribution in [2.24, 2.45) is 0 Å². The molecule has 0 unspecified atom stereocenters. The molecular weight excluding hydrogens is 414 g/mol. The lowest BCUT2D eigenvalue weighted by molar-refractivity contribution is -0.125. The molecule has 0 fully saturated rings. The molecule has 1 heterocycles. The van der Waals surface area contributed by atoms with Gasteiger partial charge in [-0.05, 0) is 38.5 Å². The second-order valence-electron chi connectivity index (χ2n) is 9.29. The topological polar surface area (TPSA) is 94.2 Å². The van der Waals surface area contributed by atoms with Gasteiger partial charge >= 0.3 is 0 Å². The van der Waals surface area contributed by atoms with E-state index in [0.29, 0.717) is 12.2 Å². The number of aromatic nitrogens is 1. The fourth-order valence-corrected chi connectivity index (χ4v) is 4.11. The number of aryl methyl sites for hydroxylation is 1. The standard InChI is InChI=1S/C27H43N3O3/c1-4-5-6-7-8-9-10-11-12-13-14-17-28-27(33)25(21(3)31)30-26(32)24-19-22-18-20(2)15-16-23(22)29-24/h15-16,18-19,21,25,29,31H,4-14,17H2,1-3H3,(H,28,33)(H,30,32)/t21-,25+/m1/s1. The number of unbranched alkanes of at least 4 members (excludes halogenated alkanes) is 10. The largest absolute Gasteiger partial charge is 0.391 e. The number of carbonyl (C=O) groups excluding carboxylic acids is 2. The lowest BCUT2D eigenvalue weighted by Gasteiger charge is -2.20. The Hall–Kier alpha value is -2.34. The van der Waals surface area contributed by atoms with Crippen molar-refractivity contribution in [2.45, 2.75) is 104 Å². The molecule has 2 atom stereocenters. The summed E-state index contributed by atoms with van der Waals surface area (Å²) in [5.74, 6) is -0.753. The van der Waals surface area contributed by atoms with Gasteiger partial charge in [0.1, 0.15) is 11.7 Å². The monoisotopic (exact) mass is 457 g/mol. The minimum absolute atomic E-state index is 0.350. The summed E-state index contributed by atoms with van der Waals surface area (Å²) in [6.45, 7) is 6.31. The van der Waals surface area contributed by atoms with Gasteiger partial charge in [-0.3, -0.25) is 9.59 Å². The molecule has 184 valence electrons. The Morgan fingerprint density at radius 3 is 2.15 bits per heavy atom. The van der Waals surface area contributed by atoms with Crippen LogP contribution in [0.4, 0.5) is 0 Å². The number of benzene rings is 1. The van der Waals surface area contributed by atoms with Gasteiger partial charge in [-0.25, -0.2) is 0 Å². The third kappa shape index (κ3) is 9.58. The van der Waals surface area contributed by atoms with Crippen LogP contribution >= 0.6 is 0 Å². The van der Waals surface area contributed by atoms with E-state index in [1.165, 1.54) is 64.7 Å². The van der Waals surface area contributed by atoms with Crippen molar-refractivity contribution in [3.05, 3.63) is 35.5 Å². The van der Waals surface area contributed by atoms with Crippen molar-refractivity contribution < 1.29 is 14.7 Å². The maximum atomic E-state index is 12.7. The highest BCUT2D eigenvalue weighted by Crippen LogP contribution is 2.17. The number of aliphatic hydroxyl groups excluding tert-OH is 1. The van der Waals surface area contributed by atoms with Crippen molar-refractivity contribution in [3.8, 4) is 0 Å². The number of aliphatic hydroxyl groups is 1. The predicted octanol–water partition coefficient (Wildman–Crippen LogP) is 5.38. The highest BCUT2D eigenvalue weighted by Gasteiger charge is 2.26. The zero-order valence-electron chi connectivity index (χ0n) is 20.7. The molecule has 2 aromatic rings. The zero-order valence-corrected chi connectivity index (χ0v) is 20.7. The molecule has 1 aromatic heterocycles. The Morgan fingerprint density at radius 1 is 0.939 bits per heavy atom. The molecule has 0 saturated carbocycles. The van der Waals surface area contributed by atoms with Gasteiger partial charge in [-0.1, -0.05) is 82.8 Å². The van der Waals surface area contributed by atoms with Crippen LogP contribution in [0.5, 0.6) is 0 Å². The molecule has 6 heteroatoms. The summed E-state index contributed by atoms with van der Waals surface area (Å²) >= 11 is 0. The summed E-state index contributed by atoms with van der Waals surface area (Å²) in [7, 11) is 0. The van der Waals surface area contributed by atoms with E-state index < -0.39 is 18.1 Å². The van der Waals surface area contributed by atoms with E-state index in [4.69, 9.17) is 0 Å². The number of fused-ring (bicyclic) bond motifs is 1. The molecule has 0 aliphatic heterocycles. The van der Waals surface area contributed by atoms with Crippen LogP contribution in [0.15, 0.2) is 24.3 Å². The number of amides is 2. The summed E-state index contributed by atoms with van der Waals surface area (Å²) in [5.41, 5.74) is 2.34. The van der Waals surface area contributed by atoms with Crippen LogP contribution in [0.2, 0.25) is 0 Å². The Bertz CT molecular complexity index is 859. The van der Waals surface area contributed by atoms with Gasteiger partial charge in [0.15, 0.2) is 0 Å². The number of hydrogen-bond donors (Lipinski definition) is 4. The van der Waals surface area contributed by atoms with Crippen molar-refractivity contribution in [2.75, 3.05) is 6.54 Å². The molecule has 2 rings (SSSR count). The molecule has 1 aromatic carbocycles. The summed E-state index contributed by atoms with van der Waals surface area (Å²) in [5, 5.41) is 16.5. The molecule has 0 saturated heterocycles. The van der Waals surface area contributed by atoms with Gasteiger partial charge in [-0.15, -0.1) is 0 Å². The SMILES string of the molecule is CCCCCCCCCCCCCNC(=O)[C@@H](NC(=O)c1cc2cc(C)ccc2[nH]1)[C@@H](C)O. The zero-order chi connectivity index (χ0) is 24.1. The van der Waals surface area contributed by atoms with Gasteiger partial charge in [0.05, 0.1) is 6.10 Å². The van der Waals surface area contributed by atoms with Crippen LogP contribution in [0.3, 0.4) is 0 Å². The maximum absolute atomic E-state index is 12.7. The third-order valence-electron chi connectivity index (χ3n) is 6.15. The smallest absolute Gasteiger partial charge is 0.268 e. The Kier molecular flexibility index (Phi) is 12.0. The number of carbonyl (C=O) groups is 2. The predicted molar refractivity (Wildman–Crippen MR) is 135 cm³/mol. The van der Waals surface area contributed by atoms with Crippen molar-refractivity contribution in [1.82, 2.24) is 15.6 Å². The molecule has 4 N–H and O–H groups in total. The van der Waals surface area contributed by atoms with E-state index in [1.807, 2.05) is 25.1 Å². The molecule has 0 spiro atoms. The summed E-state index contributed by atoms with van der Waals surface area (Å²) < 4.78 is 0. The van der Waals surface area contributed by atoms with Crippen molar-refractivity contribution in [1.29, 1.82) is 0 Å². The fraction of sp³-hybridized carbons (Fsp3) is 0.630. The Labute approximate surface area is 198 Å². The van der Waals surface area contributed by atoms with Gasteiger partial charge in [-0.2, -0.15) is 0 Å². The molecule has 0 aliphatic carbocycles. The first kappa shape index (κ1) is 26.9. The van der Waals surface area contributed by atoms with E-state index in [0.717, 1.165) is 29.3 Å². The van der Waals surface area contributed by atoms with Crippen LogP contribution in [0, 0.1) is 6.92 Å². The number of nitrogens with one attached hydrogen (secondary N) is 3. The molecule has 33 heavy (non-hydrogen) atoms.